The molecule has 4 nitrogen and oxygen atoms in total. The zero-order valence-electron chi connectivity index (χ0n) is 13.0. The highest BCUT2D eigenvalue weighted by Gasteiger charge is 2.37. The lowest BCUT2D eigenvalue weighted by atomic mass is 10.1. The molecule has 0 saturated carbocycles. The third-order valence-electron chi connectivity index (χ3n) is 3.71. The molecule has 0 unspecified atom stereocenters. The van der Waals surface area contributed by atoms with Crippen LogP contribution in [-0.2, 0) is 4.79 Å². The first kappa shape index (κ1) is 17.4. The van der Waals surface area contributed by atoms with Crippen molar-refractivity contribution in [2.24, 2.45) is 0 Å². The zero-order chi connectivity index (χ0) is 18.1. The number of carbonyl (C=O) groups is 1. The maximum absolute atomic E-state index is 12.9. The standard InChI is InChI=1S/C18H11Cl2N3OS/c1-22-16(6-11-2-4-12(10-21)5-3-11)17(24)23(18(22)25)15-8-13(19)7-14(20)9-15/h2-9H,1H3/b16-6+. The Labute approximate surface area is 160 Å². The Hall–Kier alpha value is -2.39. The second kappa shape index (κ2) is 6.85. The average Bonchev–Trinajstić information content (AvgIpc) is 2.78. The Morgan fingerprint density at radius 1 is 1.12 bits per heavy atom. The predicted octanol–water partition coefficient (Wildman–Crippen LogP) is 4.47. The summed E-state index contributed by atoms with van der Waals surface area (Å²) in [6.07, 6.45) is 1.72. The van der Waals surface area contributed by atoms with E-state index in [1.54, 1.807) is 60.5 Å². The highest BCUT2D eigenvalue weighted by Crippen LogP contribution is 2.31. The lowest BCUT2D eigenvalue weighted by molar-refractivity contribution is -0.114. The van der Waals surface area contributed by atoms with Crippen LogP contribution in [0.2, 0.25) is 10.0 Å². The van der Waals surface area contributed by atoms with E-state index in [1.165, 1.54) is 4.90 Å². The topological polar surface area (TPSA) is 47.3 Å². The zero-order valence-corrected chi connectivity index (χ0v) is 15.4. The Morgan fingerprint density at radius 2 is 1.72 bits per heavy atom. The first-order valence-electron chi connectivity index (χ1n) is 7.21. The van der Waals surface area contributed by atoms with E-state index >= 15 is 0 Å². The second-order valence-corrected chi connectivity index (χ2v) is 6.61. The van der Waals surface area contributed by atoms with Gasteiger partial charge < -0.3 is 4.90 Å². The summed E-state index contributed by atoms with van der Waals surface area (Å²) in [6, 6.07) is 13.9. The normalized spacial score (nSPS) is 15.8. The number of amides is 1. The molecule has 0 radical (unpaired) electrons. The first-order valence-corrected chi connectivity index (χ1v) is 8.37. The van der Waals surface area contributed by atoms with Crippen molar-refractivity contribution < 1.29 is 4.79 Å². The van der Waals surface area contributed by atoms with Crippen LogP contribution in [0, 0.1) is 11.3 Å². The molecule has 2 aromatic carbocycles. The maximum atomic E-state index is 12.9. The van der Waals surface area contributed by atoms with E-state index in [0.29, 0.717) is 32.1 Å². The van der Waals surface area contributed by atoms with Gasteiger partial charge >= 0.3 is 0 Å². The summed E-state index contributed by atoms with van der Waals surface area (Å²) in [5.74, 6) is -0.268. The minimum Gasteiger partial charge on any atom is -0.317 e. The Kier molecular flexibility index (Phi) is 4.78. The van der Waals surface area contributed by atoms with Crippen molar-refractivity contribution in [2.75, 3.05) is 11.9 Å². The molecule has 0 aromatic heterocycles. The van der Waals surface area contributed by atoms with Crippen LogP contribution in [0.1, 0.15) is 11.1 Å². The van der Waals surface area contributed by atoms with Crippen molar-refractivity contribution in [1.29, 1.82) is 5.26 Å². The van der Waals surface area contributed by atoms with Gasteiger partial charge in [0.05, 0.1) is 17.3 Å². The molecule has 2 aromatic rings. The fraction of sp³-hybridized carbons (Fsp3) is 0.0556. The van der Waals surface area contributed by atoms with Crippen molar-refractivity contribution in [3.8, 4) is 6.07 Å². The number of nitriles is 1. The van der Waals surface area contributed by atoms with E-state index in [0.717, 1.165) is 5.56 Å². The van der Waals surface area contributed by atoms with Gasteiger partial charge in [-0.25, -0.2) is 0 Å². The quantitative estimate of drug-likeness (QED) is 0.563. The summed E-state index contributed by atoms with van der Waals surface area (Å²) in [7, 11) is 1.72. The van der Waals surface area contributed by atoms with Gasteiger partial charge in [0.2, 0.25) is 0 Å². The number of hydrogen-bond acceptors (Lipinski definition) is 3. The van der Waals surface area contributed by atoms with Crippen molar-refractivity contribution in [3.05, 3.63) is 69.3 Å². The van der Waals surface area contributed by atoms with E-state index in [1.807, 2.05) is 0 Å². The number of thiocarbonyl (C=S) groups is 1. The summed E-state index contributed by atoms with van der Waals surface area (Å²) in [5, 5.41) is 10.0. The van der Waals surface area contributed by atoms with Crippen LogP contribution in [0.4, 0.5) is 5.69 Å². The van der Waals surface area contributed by atoms with Gasteiger partial charge in [-0.15, -0.1) is 0 Å². The predicted molar refractivity (Wildman–Crippen MR) is 103 cm³/mol. The lowest BCUT2D eigenvalue weighted by Gasteiger charge is -2.17. The van der Waals surface area contributed by atoms with E-state index in [9.17, 15) is 4.79 Å². The van der Waals surface area contributed by atoms with Crippen LogP contribution in [0.3, 0.4) is 0 Å². The fourth-order valence-electron chi connectivity index (χ4n) is 2.46. The van der Waals surface area contributed by atoms with Crippen LogP contribution >= 0.6 is 35.4 Å². The SMILES string of the molecule is CN1C(=S)N(c2cc(Cl)cc(Cl)c2)C(=O)/C1=C\c1ccc(C#N)cc1. The molecule has 25 heavy (non-hydrogen) atoms. The Bertz CT molecular complexity index is 928. The summed E-state index contributed by atoms with van der Waals surface area (Å²) in [6.45, 7) is 0. The highest BCUT2D eigenvalue weighted by atomic mass is 35.5. The number of rotatable bonds is 2. The molecule has 7 heteroatoms. The molecule has 3 rings (SSSR count). The van der Waals surface area contributed by atoms with Gasteiger partial charge in [-0.3, -0.25) is 9.69 Å². The number of benzene rings is 2. The van der Waals surface area contributed by atoms with Crippen molar-refractivity contribution in [1.82, 2.24) is 4.90 Å². The number of hydrogen-bond donors (Lipinski definition) is 0. The number of carbonyl (C=O) groups excluding carboxylic acids is 1. The summed E-state index contributed by atoms with van der Waals surface area (Å²) < 4.78 is 0. The molecule has 124 valence electrons. The molecule has 1 aliphatic rings. The monoisotopic (exact) mass is 387 g/mol. The van der Waals surface area contributed by atoms with Gasteiger partial charge in [-0.05, 0) is 54.2 Å². The third-order valence-corrected chi connectivity index (χ3v) is 4.60. The summed E-state index contributed by atoms with van der Waals surface area (Å²) >= 11 is 17.5. The Morgan fingerprint density at radius 3 is 2.28 bits per heavy atom. The minimum atomic E-state index is -0.268. The number of nitrogens with zero attached hydrogens (tertiary/aromatic N) is 3. The van der Waals surface area contributed by atoms with Gasteiger partial charge in [0.1, 0.15) is 5.70 Å². The fourth-order valence-corrected chi connectivity index (χ4v) is 3.27. The molecular formula is C18H11Cl2N3OS. The van der Waals surface area contributed by atoms with E-state index in [-0.39, 0.29) is 5.91 Å². The van der Waals surface area contributed by atoms with Gasteiger partial charge in [0.25, 0.3) is 5.91 Å². The van der Waals surface area contributed by atoms with Gasteiger partial charge in [-0.1, -0.05) is 35.3 Å². The van der Waals surface area contributed by atoms with E-state index in [4.69, 9.17) is 40.7 Å². The first-order chi connectivity index (χ1) is 11.9. The maximum Gasteiger partial charge on any atom is 0.281 e. The molecule has 0 atom stereocenters. The summed E-state index contributed by atoms with van der Waals surface area (Å²) in [4.78, 5) is 15.9. The van der Waals surface area contributed by atoms with E-state index < -0.39 is 0 Å². The van der Waals surface area contributed by atoms with Crippen LogP contribution in [-0.4, -0.2) is 23.0 Å². The second-order valence-electron chi connectivity index (χ2n) is 5.37. The third kappa shape index (κ3) is 3.38. The molecule has 0 bridgehead atoms. The molecule has 1 aliphatic heterocycles. The van der Waals surface area contributed by atoms with Crippen molar-refractivity contribution in [3.63, 3.8) is 0 Å². The average molecular weight is 388 g/mol. The van der Waals surface area contributed by atoms with E-state index in [2.05, 4.69) is 6.07 Å². The Balaban J connectivity index is 2.00. The van der Waals surface area contributed by atoms with Gasteiger partial charge in [0, 0.05) is 17.1 Å². The largest absolute Gasteiger partial charge is 0.317 e. The smallest absolute Gasteiger partial charge is 0.281 e. The highest BCUT2D eigenvalue weighted by molar-refractivity contribution is 7.80. The van der Waals surface area contributed by atoms with Crippen LogP contribution in [0.25, 0.3) is 6.08 Å². The van der Waals surface area contributed by atoms with Gasteiger partial charge in [0.15, 0.2) is 5.11 Å². The van der Waals surface area contributed by atoms with Crippen LogP contribution < -0.4 is 4.90 Å². The molecule has 0 aliphatic carbocycles. The van der Waals surface area contributed by atoms with Gasteiger partial charge in [-0.2, -0.15) is 5.26 Å². The van der Waals surface area contributed by atoms with Crippen molar-refractivity contribution >= 4 is 58.2 Å². The van der Waals surface area contributed by atoms with Crippen LogP contribution in [0.15, 0.2) is 48.2 Å². The molecule has 1 fully saturated rings. The molecule has 0 N–H and O–H groups in total. The summed E-state index contributed by atoms with van der Waals surface area (Å²) in [5.41, 5.74) is 2.29. The molecule has 1 saturated heterocycles. The number of likely N-dealkylation sites (N-methyl/N-ethyl adjacent to an activating group) is 1. The lowest BCUT2D eigenvalue weighted by Crippen LogP contribution is -2.31. The molecular weight excluding hydrogens is 377 g/mol. The minimum absolute atomic E-state index is 0.268. The molecule has 0 spiro atoms. The molecule has 1 heterocycles. The van der Waals surface area contributed by atoms with Crippen LogP contribution in [0.5, 0.6) is 0 Å². The van der Waals surface area contributed by atoms with Crippen molar-refractivity contribution in [2.45, 2.75) is 0 Å². The molecule has 1 amide bonds. The number of anilines is 1. The number of halogens is 2.